The summed E-state index contributed by atoms with van der Waals surface area (Å²) >= 11 is 4.93. The molecule has 0 spiro atoms. The first-order valence-electron chi connectivity index (χ1n) is 5.11. The minimum atomic E-state index is -0.358. The molecule has 0 fully saturated rings. The van der Waals surface area contributed by atoms with Gasteiger partial charge in [-0.25, -0.2) is 4.79 Å². The highest BCUT2D eigenvalue weighted by atomic mass is 79.9. The Kier molecular flexibility index (Phi) is 5.44. The Morgan fingerprint density at radius 2 is 2.25 bits per heavy atom. The van der Waals surface area contributed by atoms with Crippen LogP contribution in [-0.4, -0.2) is 19.6 Å². The van der Waals surface area contributed by atoms with Crippen molar-refractivity contribution in [2.45, 2.75) is 19.9 Å². The zero-order valence-corrected chi connectivity index (χ0v) is 12.0. The number of rotatable bonds is 5. The molecule has 3 nitrogen and oxygen atoms in total. The Morgan fingerprint density at radius 1 is 1.56 bits per heavy atom. The van der Waals surface area contributed by atoms with E-state index in [4.69, 9.17) is 4.74 Å². The van der Waals surface area contributed by atoms with E-state index >= 15 is 0 Å². The SMILES string of the molecule is COC(=O)C(NCC(C)C)c1ccc(Br)s1. The minimum Gasteiger partial charge on any atom is -0.468 e. The Morgan fingerprint density at radius 3 is 2.69 bits per heavy atom. The predicted molar refractivity (Wildman–Crippen MR) is 69.6 cm³/mol. The largest absolute Gasteiger partial charge is 0.468 e. The highest BCUT2D eigenvalue weighted by Gasteiger charge is 2.22. The quantitative estimate of drug-likeness (QED) is 0.850. The maximum atomic E-state index is 11.6. The molecule has 1 atom stereocenters. The van der Waals surface area contributed by atoms with E-state index in [1.54, 1.807) is 11.3 Å². The van der Waals surface area contributed by atoms with Crippen molar-refractivity contribution in [2.75, 3.05) is 13.7 Å². The van der Waals surface area contributed by atoms with Gasteiger partial charge in [-0.2, -0.15) is 0 Å². The molecule has 0 aliphatic rings. The van der Waals surface area contributed by atoms with Crippen molar-refractivity contribution in [1.29, 1.82) is 0 Å². The van der Waals surface area contributed by atoms with Crippen LogP contribution in [0.5, 0.6) is 0 Å². The monoisotopic (exact) mass is 305 g/mol. The molecule has 0 radical (unpaired) electrons. The van der Waals surface area contributed by atoms with Gasteiger partial charge >= 0.3 is 5.97 Å². The second-order valence-electron chi connectivity index (χ2n) is 3.90. The third kappa shape index (κ3) is 3.88. The molecule has 0 aliphatic carbocycles. The van der Waals surface area contributed by atoms with Crippen molar-refractivity contribution in [3.63, 3.8) is 0 Å². The van der Waals surface area contributed by atoms with Crippen molar-refractivity contribution < 1.29 is 9.53 Å². The van der Waals surface area contributed by atoms with Crippen molar-refractivity contribution in [2.24, 2.45) is 5.92 Å². The lowest BCUT2D eigenvalue weighted by Crippen LogP contribution is -2.31. The van der Waals surface area contributed by atoms with Gasteiger partial charge in [0.05, 0.1) is 10.9 Å². The van der Waals surface area contributed by atoms with Crippen LogP contribution in [0.4, 0.5) is 0 Å². The molecule has 0 aromatic carbocycles. The van der Waals surface area contributed by atoms with Crippen LogP contribution in [-0.2, 0) is 9.53 Å². The van der Waals surface area contributed by atoms with E-state index < -0.39 is 0 Å². The smallest absolute Gasteiger partial charge is 0.328 e. The van der Waals surface area contributed by atoms with Gasteiger partial charge in [-0.1, -0.05) is 13.8 Å². The fraction of sp³-hybridized carbons (Fsp3) is 0.545. The average molecular weight is 306 g/mol. The fourth-order valence-electron chi connectivity index (χ4n) is 1.25. The maximum Gasteiger partial charge on any atom is 0.328 e. The number of hydrogen-bond acceptors (Lipinski definition) is 4. The molecule has 1 N–H and O–H groups in total. The van der Waals surface area contributed by atoms with Crippen LogP contribution < -0.4 is 5.32 Å². The Hall–Kier alpha value is -0.390. The van der Waals surface area contributed by atoms with Gasteiger partial charge in [0, 0.05) is 4.88 Å². The van der Waals surface area contributed by atoms with Crippen molar-refractivity contribution in [3.05, 3.63) is 20.8 Å². The highest BCUT2D eigenvalue weighted by molar-refractivity contribution is 9.11. The van der Waals surface area contributed by atoms with Crippen LogP contribution in [0.15, 0.2) is 15.9 Å². The van der Waals surface area contributed by atoms with Gasteiger partial charge in [0.25, 0.3) is 0 Å². The second-order valence-corrected chi connectivity index (χ2v) is 6.39. The molecule has 0 saturated carbocycles. The van der Waals surface area contributed by atoms with Crippen LogP contribution in [0.2, 0.25) is 0 Å². The van der Waals surface area contributed by atoms with E-state index in [-0.39, 0.29) is 12.0 Å². The molecule has 0 bridgehead atoms. The topological polar surface area (TPSA) is 38.3 Å². The summed E-state index contributed by atoms with van der Waals surface area (Å²) < 4.78 is 5.81. The number of hydrogen-bond donors (Lipinski definition) is 1. The zero-order chi connectivity index (χ0) is 12.1. The third-order valence-electron chi connectivity index (χ3n) is 2.05. The number of methoxy groups -OCH3 is 1. The maximum absolute atomic E-state index is 11.6. The number of carbonyl (C=O) groups excluding carboxylic acids is 1. The summed E-state index contributed by atoms with van der Waals surface area (Å²) in [6, 6.07) is 3.51. The number of ether oxygens (including phenoxy) is 1. The molecule has 90 valence electrons. The summed E-state index contributed by atoms with van der Waals surface area (Å²) in [4.78, 5) is 12.6. The lowest BCUT2D eigenvalue weighted by molar-refractivity contribution is -0.143. The van der Waals surface area contributed by atoms with E-state index in [0.717, 1.165) is 15.2 Å². The average Bonchev–Trinajstić information content (AvgIpc) is 2.64. The zero-order valence-electron chi connectivity index (χ0n) is 9.62. The van der Waals surface area contributed by atoms with Crippen LogP contribution in [0.25, 0.3) is 0 Å². The predicted octanol–water partition coefficient (Wildman–Crippen LogP) is 2.97. The first kappa shape index (κ1) is 13.7. The normalized spacial score (nSPS) is 12.8. The molecule has 1 unspecified atom stereocenters. The Bertz CT molecular complexity index is 352. The molecule has 16 heavy (non-hydrogen) atoms. The Balaban J connectivity index is 2.75. The van der Waals surface area contributed by atoms with Gasteiger partial charge in [0.2, 0.25) is 0 Å². The lowest BCUT2D eigenvalue weighted by atomic mass is 10.2. The third-order valence-corrected chi connectivity index (χ3v) is 3.73. The molecule has 1 heterocycles. The number of nitrogens with one attached hydrogen (secondary N) is 1. The number of thiophene rings is 1. The molecule has 0 saturated heterocycles. The van der Waals surface area contributed by atoms with E-state index in [1.165, 1.54) is 7.11 Å². The molecule has 5 heteroatoms. The summed E-state index contributed by atoms with van der Waals surface area (Å²) in [5, 5.41) is 3.21. The van der Waals surface area contributed by atoms with E-state index in [1.807, 2.05) is 12.1 Å². The number of esters is 1. The van der Waals surface area contributed by atoms with Crippen LogP contribution in [0, 0.1) is 5.92 Å². The summed E-state index contributed by atoms with van der Waals surface area (Å²) in [7, 11) is 1.41. The number of carbonyl (C=O) groups is 1. The molecule has 0 aliphatic heterocycles. The fourth-order valence-corrected chi connectivity index (χ4v) is 2.74. The van der Waals surface area contributed by atoms with Crippen LogP contribution >= 0.6 is 27.3 Å². The molecule has 1 aromatic rings. The van der Waals surface area contributed by atoms with Gasteiger partial charge in [-0.05, 0) is 40.5 Å². The van der Waals surface area contributed by atoms with Crippen LogP contribution in [0.1, 0.15) is 24.8 Å². The van der Waals surface area contributed by atoms with E-state index in [2.05, 4.69) is 35.1 Å². The summed E-state index contributed by atoms with van der Waals surface area (Å²) in [6.45, 7) is 4.99. The van der Waals surface area contributed by atoms with Crippen molar-refractivity contribution in [3.8, 4) is 0 Å². The van der Waals surface area contributed by atoms with Gasteiger partial charge in [-0.15, -0.1) is 11.3 Å². The first-order chi connectivity index (χ1) is 7.54. The number of halogens is 1. The first-order valence-corrected chi connectivity index (χ1v) is 6.72. The van der Waals surface area contributed by atoms with E-state index in [0.29, 0.717) is 5.92 Å². The molecular weight excluding hydrogens is 290 g/mol. The molecule has 1 aromatic heterocycles. The Labute approximate surface area is 108 Å². The van der Waals surface area contributed by atoms with Gasteiger partial charge in [-0.3, -0.25) is 5.32 Å². The van der Waals surface area contributed by atoms with Crippen LogP contribution in [0.3, 0.4) is 0 Å². The molecule has 1 rings (SSSR count). The van der Waals surface area contributed by atoms with Crippen molar-refractivity contribution >= 4 is 33.2 Å². The summed E-state index contributed by atoms with van der Waals surface area (Å²) in [5.74, 6) is 0.255. The van der Waals surface area contributed by atoms with Gasteiger partial charge in [0.15, 0.2) is 0 Å². The van der Waals surface area contributed by atoms with Gasteiger partial charge in [0.1, 0.15) is 6.04 Å². The van der Waals surface area contributed by atoms with Crippen molar-refractivity contribution in [1.82, 2.24) is 5.32 Å². The van der Waals surface area contributed by atoms with Gasteiger partial charge < -0.3 is 4.74 Å². The summed E-state index contributed by atoms with van der Waals surface area (Å²) in [5.41, 5.74) is 0. The minimum absolute atomic E-state index is 0.241. The highest BCUT2D eigenvalue weighted by Crippen LogP contribution is 2.28. The summed E-state index contributed by atoms with van der Waals surface area (Å²) in [6.07, 6.45) is 0. The second kappa shape index (κ2) is 6.37. The molecule has 0 amide bonds. The standard InChI is InChI=1S/C11H16BrNO2S/c1-7(2)6-13-10(11(14)15-3)8-4-5-9(12)16-8/h4-5,7,10,13H,6H2,1-3H3. The lowest BCUT2D eigenvalue weighted by Gasteiger charge is -2.16. The molecular formula is C11H16BrNO2S. The van der Waals surface area contributed by atoms with E-state index in [9.17, 15) is 4.79 Å².